The fourth-order valence-electron chi connectivity index (χ4n) is 1.75. The number of nitrogens with zero attached hydrogens (tertiary/aromatic N) is 3. The van der Waals surface area contributed by atoms with Crippen LogP contribution in [0.4, 0.5) is 5.69 Å². The number of carbonyl (C=O) groups is 1. The summed E-state index contributed by atoms with van der Waals surface area (Å²) in [7, 11) is 0. The molecule has 2 aromatic rings. The molecule has 0 spiro atoms. The van der Waals surface area contributed by atoms with Crippen LogP contribution in [0.2, 0.25) is 0 Å². The second-order valence-corrected chi connectivity index (χ2v) is 4.13. The second kappa shape index (κ2) is 5.43. The summed E-state index contributed by atoms with van der Waals surface area (Å²) < 4.78 is 1.60. The van der Waals surface area contributed by atoms with E-state index in [1.807, 2.05) is 0 Å². The number of ketones is 1. The maximum absolute atomic E-state index is 11.5. The van der Waals surface area contributed by atoms with Crippen LogP contribution in [-0.2, 0) is 6.54 Å². The van der Waals surface area contributed by atoms with Gasteiger partial charge < -0.3 is 0 Å². The number of hydrogen-bond donors (Lipinski definition) is 0. The number of non-ortho nitro benzene ring substituents is 1. The number of nitro benzene ring substituents is 1. The van der Waals surface area contributed by atoms with Gasteiger partial charge in [0.15, 0.2) is 5.78 Å². The van der Waals surface area contributed by atoms with Gasteiger partial charge in [0.05, 0.1) is 23.2 Å². The molecular weight excluding hydrogens is 246 g/mol. The van der Waals surface area contributed by atoms with Gasteiger partial charge in [0.25, 0.3) is 5.69 Å². The Morgan fingerprint density at radius 3 is 2.95 bits per heavy atom. The minimum Gasteiger partial charge on any atom is -0.294 e. The summed E-state index contributed by atoms with van der Waals surface area (Å²) in [6, 6.07) is 6.37. The Balaban J connectivity index is 2.17. The Morgan fingerprint density at radius 2 is 2.26 bits per heavy atom. The minimum atomic E-state index is -0.432. The van der Waals surface area contributed by atoms with Crippen LogP contribution in [0.1, 0.15) is 29.3 Å². The third kappa shape index (κ3) is 3.04. The van der Waals surface area contributed by atoms with Gasteiger partial charge >= 0.3 is 0 Å². The SMILES string of the molecule is CCC(=O)c1cnn(Cc2cccc([N+](=O)[O-])c2)c1. The number of benzene rings is 1. The third-order valence-corrected chi connectivity index (χ3v) is 2.74. The van der Waals surface area contributed by atoms with Gasteiger partial charge in [-0.2, -0.15) is 5.10 Å². The number of Topliss-reactive ketones (excluding diaryl/α,β-unsaturated/α-hetero) is 1. The monoisotopic (exact) mass is 259 g/mol. The Kier molecular flexibility index (Phi) is 3.70. The number of nitro groups is 1. The van der Waals surface area contributed by atoms with E-state index >= 15 is 0 Å². The molecule has 0 aliphatic heterocycles. The van der Waals surface area contributed by atoms with Gasteiger partial charge in [-0.15, -0.1) is 0 Å². The summed E-state index contributed by atoms with van der Waals surface area (Å²) in [5.41, 5.74) is 1.38. The molecule has 0 unspecified atom stereocenters. The lowest BCUT2D eigenvalue weighted by molar-refractivity contribution is -0.384. The molecule has 19 heavy (non-hydrogen) atoms. The van der Waals surface area contributed by atoms with Crippen LogP contribution < -0.4 is 0 Å². The standard InChI is InChI=1S/C13H13N3O3/c1-2-13(17)11-7-14-15(9-11)8-10-4-3-5-12(6-10)16(18)19/h3-7,9H,2,8H2,1H3. The van der Waals surface area contributed by atoms with Crippen molar-refractivity contribution in [1.29, 1.82) is 0 Å². The Labute approximate surface area is 109 Å². The summed E-state index contributed by atoms with van der Waals surface area (Å²) in [5, 5.41) is 14.8. The Bertz CT molecular complexity index is 619. The third-order valence-electron chi connectivity index (χ3n) is 2.74. The van der Waals surface area contributed by atoms with E-state index in [0.717, 1.165) is 5.56 Å². The average molecular weight is 259 g/mol. The summed E-state index contributed by atoms with van der Waals surface area (Å²) in [4.78, 5) is 21.7. The van der Waals surface area contributed by atoms with Crippen LogP contribution in [0.3, 0.4) is 0 Å². The minimum absolute atomic E-state index is 0.0327. The van der Waals surface area contributed by atoms with E-state index in [4.69, 9.17) is 0 Å². The molecular formula is C13H13N3O3. The highest BCUT2D eigenvalue weighted by atomic mass is 16.6. The quantitative estimate of drug-likeness (QED) is 0.469. The van der Waals surface area contributed by atoms with Crippen molar-refractivity contribution in [2.45, 2.75) is 19.9 Å². The number of hydrogen-bond acceptors (Lipinski definition) is 4. The predicted octanol–water partition coefficient (Wildman–Crippen LogP) is 2.43. The fraction of sp³-hybridized carbons (Fsp3) is 0.231. The molecule has 0 amide bonds. The van der Waals surface area contributed by atoms with Gasteiger partial charge in [-0.3, -0.25) is 19.6 Å². The van der Waals surface area contributed by atoms with Crippen LogP contribution in [0.5, 0.6) is 0 Å². The first-order chi connectivity index (χ1) is 9.10. The molecule has 0 fully saturated rings. The molecule has 1 aromatic carbocycles. The highest BCUT2D eigenvalue weighted by Crippen LogP contribution is 2.14. The van der Waals surface area contributed by atoms with E-state index in [0.29, 0.717) is 18.5 Å². The van der Waals surface area contributed by atoms with Gasteiger partial charge in [-0.25, -0.2) is 0 Å². The molecule has 0 aliphatic rings. The number of carbonyl (C=O) groups excluding carboxylic acids is 1. The number of rotatable bonds is 5. The molecule has 0 saturated heterocycles. The summed E-state index contributed by atoms with van der Waals surface area (Å²) in [5.74, 6) is 0.0327. The van der Waals surface area contributed by atoms with Crippen molar-refractivity contribution in [3.05, 3.63) is 57.9 Å². The molecule has 6 heteroatoms. The molecule has 1 aromatic heterocycles. The molecule has 6 nitrogen and oxygen atoms in total. The van der Waals surface area contributed by atoms with Crippen LogP contribution >= 0.6 is 0 Å². The smallest absolute Gasteiger partial charge is 0.269 e. The molecule has 0 aliphatic carbocycles. The van der Waals surface area contributed by atoms with Crippen LogP contribution in [0.15, 0.2) is 36.7 Å². The van der Waals surface area contributed by atoms with E-state index < -0.39 is 4.92 Å². The maximum Gasteiger partial charge on any atom is 0.269 e. The van der Waals surface area contributed by atoms with Gasteiger partial charge in [0.2, 0.25) is 0 Å². The molecule has 0 saturated carbocycles. The predicted molar refractivity (Wildman–Crippen MR) is 69.0 cm³/mol. The lowest BCUT2D eigenvalue weighted by Crippen LogP contribution is -2.01. The first-order valence-corrected chi connectivity index (χ1v) is 5.89. The van der Waals surface area contributed by atoms with Crippen molar-refractivity contribution < 1.29 is 9.72 Å². The van der Waals surface area contributed by atoms with E-state index in [2.05, 4.69) is 5.10 Å². The fourth-order valence-corrected chi connectivity index (χ4v) is 1.75. The van der Waals surface area contributed by atoms with E-state index in [1.54, 1.807) is 29.9 Å². The first-order valence-electron chi connectivity index (χ1n) is 5.89. The van der Waals surface area contributed by atoms with E-state index in [9.17, 15) is 14.9 Å². The van der Waals surface area contributed by atoms with Crippen LogP contribution in [0.25, 0.3) is 0 Å². The summed E-state index contributed by atoms with van der Waals surface area (Å²) in [6.45, 7) is 2.19. The van der Waals surface area contributed by atoms with Crippen molar-refractivity contribution in [2.24, 2.45) is 0 Å². The lowest BCUT2D eigenvalue weighted by atomic mass is 10.2. The van der Waals surface area contributed by atoms with E-state index in [-0.39, 0.29) is 11.5 Å². The Morgan fingerprint density at radius 1 is 1.47 bits per heavy atom. The average Bonchev–Trinajstić information content (AvgIpc) is 2.86. The van der Waals surface area contributed by atoms with Crippen molar-refractivity contribution >= 4 is 11.5 Å². The molecule has 0 bridgehead atoms. The second-order valence-electron chi connectivity index (χ2n) is 4.13. The van der Waals surface area contributed by atoms with Crippen molar-refractivity contribution in [3.63, 3.8) is 0 Å². The molecule has 0 radical (unpaired) electrons. The van der Waals surface area contributed by atoms with Crippen LogP contribution in [0, 0.1) is 10.1 Å². The van der Waals surface area contributed by atoms with Crippen molar-refractivity contribution in [2.75, 3.05) is 0 Å². The summed E-state index contributed by atoms with van der Waals surface area (Å²) in [6.07, 6.45) is 3.61. The topological polar surface area (TPSA) is 78.0 Å². The first kappa shape index (κ1) is 12.9. The van der Waals surface area contributed by atoms with Gasteiger partial charge in [-0.1, -0.05) is 19.1 Å². The van der Waals surface area contributed by atoms with Gasteiger partial charge in [0, 0.05) is 24.8 Å². The molecule has 0 N–H and O–H groups in total. The molecule has 2 rings (SSSR count). The van der Waals surface area contributed by atoms with Gasteiger partial charge in [-0.05, 0) is 5.56 Å². The zero-order valence-electron chi connectivity index (χ0n) is 10.4. The highest BCUT2D eigenvalue weighted by Gasteiger charge is 2.08. The largest absolute Gasteiger partial charge is 0.294 e. The lowest BCUT2D eigenvalue weighted by Gasteiger charge is -2.01. The highest BCUT2D eigenvalue weighted by molar-refractivity contribution is 5.95. The van der Waals surface area contributed by atoms with Crippen molar-refractivity contribution in [3.8, 4) is 0 Å². The number of aromatic nitrogens is 2. The molecule has 0 atom stereocenters. The molecule has 1 heterocycles. The normalized spacial score (nSPS) is 10.4. The summed E-state index contributed by atoms with van der Waals surface area (Å²) >= 11 is 0. The zero-order valence-corrected chi connectivity index (χ0v) is 10.4. The van der Waals surface area contributed by atoms with Crippen LogP contribution in [-0.4, -0.2) is 20.5 Å². The van der Waals surface area contributed by atoms with E-state index in [1.165, 1.54) is 18.3 Å². The molecule has 98 valence electrons. The maximum atomic E-state index is 11.5. The zero-order chi connectivity index (χ0) is 13.8. The Hall–Kier alpha value is -2.50. The van der Waals surface area contributed by atoms with Crippen molar-refractivity contribution in [1.82, 2.24) is 9.78 Å². The van der Waals surface area contributed by atoms with Gasteiger partial charge in [0.1, 0.15) is 0 Å².